The first-order valence-corrected chi connectivity index (χ1v) is 7.79. The van der Waals surface area contributed by atoms with Crippen molar-refractivity contribution in [2.45, 2.75) is 19.8 Å². The summed E-state index contributed by atoms with van der Waals surface area (Å²) in [5, 5.41) is 4.76. The highest BCUT2D eigenvalue weighted by Crippen LogP contribution is 2.27. The summed E-state index contributed by atoms with van der Waals surface area (Å²) >= 11 is 1.41. The van der Waals surface area contributed by atoms with Crippen molar-refractivity contribution < 1.29 is 9.59 Å². The molecule has 1 aromatic carbocycles. The Morgan fingerprint density at radius 1 is 1.33 bits per heavy atom. The molecule has 0 spiro atoms. The molecule has 1 aliphatic heterocycles. The lowest BCUT2D eigenvalue weighted by molar-refractivity contribution is -0.117. The van der Waals surface area contributed by atoms with Crippen molar-refractivity contribution in [3.05, 3.63) is 46.2 Å². The van der Waals surface area contributed by atoms with Gasteiger partial charge < -0.3 is 10.2 Å². The summed E-state index contributed by atoms with van der Waals surface area (Å²) in [6, 6.07) is 9.31. The lowest BCUT2D eigenvalue weighted by atomic mass is 10.1. The Hall–Kier alpha value is -2.14. The molecule has 3 rings (SSSR count). The maximum absolute atomic E-state index is 12.0. The summed E-state index contributed by atoms with van der Waals surface area (Å²) < 4.78 is 0. The number of benzene rings is 1. The van der Waals surface area contributed by atoms with Gasteiger partial charge in [-0.05, 0) is 48.6 Å². The lowest BCUT2D eigenvalue weighted by Gasteiger charge is -2.19. The van der Waals surface area contributed by atoms with E-state index in [2.05, 4.69) is 5.32 Å². The molecule has 1 aliphatic rings. The van der Waals surface area contributed by atoms with Crippen LogP contribution in [0.5, 0.6) is 0 Å². The van der Waals surface area contributed by atoms with E-state index < -0.39 is 0 Å². The molecule has 2 aromatic rings. The van der Waals surface area contributed by atoms with Gasteiger partial charge in [-0.3, -0.25) is 9.59 Å². The molecule has 0 unspecified atom stereocenters. The van der Waals surface area contributed by atoms with Crippen LogP contribution in [-0.2, 0) is 4.79 Å². The summed E-state index contributed by atoms with van der Waals surface area (Å²) in [7, 11) is 0. The largest absolute Gasteiger partial charge is 0.321 e. The van der Waals surface area contributed by atoms with Crippen LogP contribution < -0.4 is 10.2 Å². The maximum Gasteiger partial charge on any atom is 0.265 e. The van der Waals surface area contributed by atoms with Gasteiger partial charge in [0.05, 0.1) is 4.88 Å². The molecule has 0 radical (unpaired) electrons. The first-order chi connectivity index (χ1) is 10.1. The van der Waals surface area contributed by atoms with Crippen LogP contribution in [0, 0.1) is 6.92 Å². The Morgan fingerprint density at radius 3 is 2.81 bits per heavy atom. The van der Waals surface area contributed by atoms with Gasteiger partial charge in [0.2, 0.25) is 5.91 Å². The molecule has 0 saturated carbocycles. The summed E-state index contributed by atoms with van der Waals surface area (Å²) in [6.07, 6.45) is 1.53. The second-order valence-electron chi connectivity index (χ2n) is 5.08. The quantitative estimate of drug-likeness (QED) is 0.944. The van der Waals surface area contributed by atoms with Gasteiger partial charge in [0, 0.05) is 24.3 Å². The third kappa shape index (κ3) is 2.83. The number of aryl methyl sites for hydroxylation is 1. The fourth-order valence-corrected chi connectivity index (χ4v) is 3.16. The fraction of sp³-hybridized carbons (Fsp3) is 0.250. The Labute approximate surface area is 127 Å². The molecule has 108 valence electrons. The Bertz CT molecular complexity index is 680. The number of anilines is 2. The molecular weight excluding hydrogens is 284 g/mol. The molecule has 21 heavy (non-hydrogen) atoms. The van der Waals surface area contributed by atoms with Gasteiger partial charge in [-0.2, -0.15) is 0 Å². The number of hydrogen-bond acceptors (Lipinski definition) is 3. The Kier molecular flexibility index (Phi) is 3.75. The van der Waals surface area contributed by atoms with Crippen molar-refractivity contribution in [3.63, 3.8) is 0 Å². The minimum Gasteiger partial charge on any atom is -0.321 e. The maximum atomic E-state index is 12.0. The number of nitrogens with zero attached hydrogens (tertiary/aromatic N) is 1. The van der Waals surface area contributed by atoms with Gasteiger partial charge in [0.15, 0.2) is 0 Å². The van der Waals surface area contributed by atoms with Gasteiger partial charge >= 0.3 is 0 Å². The Balaban J connectivity index is 1.78. The van der Waals surface area contributed by atoms with E-state index in [1.807, 2.05) is 41.5 Å². The third-order valence-electron chi connectivity index (χ3n) is 3.56. The second-order valence-corrected chi connectivity index (χ2v) is 6.03. The fourth-order valence-electron chi connectivity index (χ4n) is 2.54. The van der Waals surface area contributed by atoms with Gasteiger partial charge in [-0.15, -0.1) is 11.3 Å². The smallest absolute Gasteiger partial charge is 0.265 e. The monoisotopic (exact) mass is 300 g/mol. The average Bonchev–Trinajstić information content (AvgIpc) is 3.10. The molecule has 2 amide bonds. The van der Waals surface area contributed by atoms with Crippen molar-refractivity contribution in [1.29, 1.82) is 0 Å². The molecule has 1 aromatic heterocycles. The van der Waals surface area contributed by atoms with Crippen molar-refractivity contribution in [2.75, 3.05) is 16.8 Å². The van der Waals surface area contributed by atoms with E-state index in [0.29, 0.717) is 11.3 Å². The molecule has 0 bridgehead atoms. The SMILES string of the molecule is Cc1cc(NC(=O)c2cccs2)ccc1N1CCCC1=O. The van der Waals surface area contributed by atoms with Gasteiger partial charge in [0.25, 0.3) is 5.91 Å². The number of nitrogens with one attached hydrogen (secondary N) is 1. The van der Waals surface area contributed by atoms with Crippen LogP contribution >= 0.6 is 11.3 Å². The minimum atomic E-state index is -0.102. The van der Waals surface area contributed by atoms with Crippen LogP contribution in [-0.4, -0.2) is 18.4 Å². The van der Waals surface area contributed by atoms with Gasteiger partial charge in [-0.25, -0.2) is 0 Å². The van der Waals surface area contributed by atoms with Crippen molar-refractivity contribution in [1.82, 2.24) is 0 Å². The Morgan fingerprint density at radius 2 is 2.19 bits per heavy atom. The highest BCUT2D eigenvalue weighted by atomic mass is 32.1. The van der Waals surface area contributed by atoms with Crippen LogP contribution in [0.1, 0.15) is 28.1 Å². The number of thiophene rings is 1. The normalized spacial score (nSPS) is 14.5. The number of carbonyl (C=O) groups is 2. The zero-order valence-corrected chi connectivity index (χ0v) is 12.6. The molecule has 1 N–H and O–H groups in total. The van der Waals surface area contributed by atoms with Crippen LogP contribution in [0.3, 0.4) is 0 Å². The predicted molar refractivity (Wildman–Crippen MR) is 85.0 cm³/mol. The highest BCUT2D eigenvalue weighted by Gasteiger charge is 2.23. The zero-order valence-electron chi connectivity index (χ0n) is 11.8. The summed E-state index contributed by atoms with van der Waals surface area (Å²) in [5.74, 6) is 0.0721. The van der Waals surface area contributed by atoms with E-state index in [1.54, 1.807) is 6.07 Å². The molecule has 5 heteroatoms. The molecule has 1 saturated heterocycles. The number of amides is 2. The lowest BCUT2D eigenvalue weighted by Crippen LogP contribution is -2.24. The third-order valence-corrected chi connectivity index (χ3v) is 4.43. The second kappa shape index (κ2) is 5.69. The van der Waals surface area contributed by atoms with Gasteiger partial charge in [0.1, 0.15) is 0 Å². The first-order valence-electron chi connectivity index (χ1n) is 6.91. The highest BCUT2D eigenvalue weighted by molar-refractivity contribution is 7.12. The summed E-state index contributed by atoms with van der Waals surface area (Å²) in [5.41, 5.74) is 2.68. The summed E-state index contributed by atoms with van der Waals surface area (Å²) in [6.45, 7) is 2.74. The van der Waals surface area contributed by atoms with Crippen LogP contribution in [0.4, 0.5) is 11.4 Å². The van der Waals surface area contributed by atoms with E-state index >= 15 is 0 Å². The number of carbonyl (C=O) groups excluding carboxylic acids is 2. The molecule has 1 fully saturated rings. The molecule has 4 nitrogen and oxygen atoms in total. The predicted octanol–water partition coefficient (Wildman–Crippen LogP) is 3.44. The van der Waals surface area contributed by atoms with Crippen molar-refractivity contribution in [3.8, 4) is 0 Å². The number of hydrogen-bond donors (Lipinski definition) is 1. The van der Waals surface area contributed by atoms with Crippen LogP contribution in [0.15, 0.2) is 35.7 Å². The van der Waals surface area contributed by atoms with E-state index in [1.165, 1.54) is 11.3 Å². The topological polar surface area (TPSA) is 49.4 Å². The van der Waals surface area contributed by atoms with Gasteiger partial charge in [-0.1, -0.05) is 6.07 Å². The van der Waals surface area contributed by atoms with Crippen LogP contribution in [0.25, 0.3) is 0 Å². The molecule has 0 atom stereocenters. The van der Waals surface area contributed by atoms with Crippen LogP contribution in [0.2, 0.25) is 0 Å². The van der Waals surface area contributed by atoms with Crippen molar-refractivity contribution in [2.24, 2.45) is 0 Å². The number of rotatable bonds is 3. The standard InChI is InChI=1S/C16H16N2O2S/c1-11-10-12(17-16(20)14-4-3-9-21-14)6-7-13(11)18-8-2-5-15(18)19/h3-4,6-7,9-10H,2,5,8H2,1H3,(H,17,20). The summed E-state index contributed by atoms with van der Waals surface area (Å²) in [4.78, 5) is 26.3. The first kappa shape index (κ1) is 13.8. The van der Waals surface area contributed by atoms with E-state index in [0.717, 1.165) is 29.9 Å². The average molecular weight is 300 g/mol. The minimum absolute atomic E-state index is 0.102. The zero-order chi connectivity index (χ0) is 14.8. The van der Waals surface area contributed by atoms with Crippen molar-refractivity contribution >= 4 is 34.5 Å². The van der Waals surface area contributed by atoms with E-state index in [9.17, 15) is 9.59 Å². The van der Waals surface area contributed by atoms with E-state index in [4.69, 9.17) is 0 Å². The molecule has 2 heterocycles. The molecule has 0 aliphatic carbocycles. The van der Waals surface area contributed by atoms with E-state index in [-0.39, 0.29) is 11.8 Å². The molecular formula is C16H16N2O2S.